The third kappa shape index (κ3) is 4.21. The molecule has 0 aliphatic rings. The summed E-state index contributed by atoms with van der Waals surface area (Å²) in [4.78, 5) is 18.1. The predicted molar refractivity (Wildman–Crippen MR) is 92.8 cm³/mol. The van der Waals surface area contributed by atoms with Crippen molar-refractivity contribution in [1.29, 1.82) is 0 Å². The molecule has 1 N–H and O–H groups in total. The Kier molecular flexibility index (Phi) is 5.80. The van der Waals surface area contributed by atoms with E-state index in [1.807, 2.05) is 38.1 Å². The van der Waals surface area contributed by atoms with Crippen LogP contribution in [0.2, 0.25) is 0 Å². The highest BCUT2D eigenvalue weighted by molar-refractivity contribution is 7.09. The minimum absolute atomic E-state index is 0.000312. The van der Waals surface area contributed by atoms with E-state index in [0.717, 1.165) is 41.5 Å². The van der Waals surface area contributed by atoms with Gasteiger partial charge in [0.2, 0.25) is 0 Å². The zero-order valence-corrected chi connectivity index (χ0v) is 14.5. The summed E-state index contributed by atoms with van der Waals surface area (Å²) < 4.78 is 5.66. The fourth-order valence-corrected chi connectivity index (χ4v) is 3.22. The SMILES string of the molecule is CCN(CC)Cc1sc(=O)[nH]c1-c1ccc(OC(C)C)cc1. The average Bonchev–Trinajstić information content (AvgIpc) is 2.85. The number of hydrogen-bond acceptors (Lipinski definition) is 4. The standard InChI is InChI=1S/C17H24N2O2S/c1-5-19(6-2)11-15-16(18-17(20)22-15)13-7-9-14(10-8-13)21-12(3)4/h7-10,12H,5-6,11H2,1-4H3,(H,18,20). The van der Waals surface area contributed by atoms with E-state index >= 15 is 0 Å². The summed E-state index contributed by atoms with van der Waals surface area (Å²) >= 11 is 1.30. The average molecular weight is 320 g/mol. The maximum atomic E-state index is 11.8. The van der Waals surface area contributed by atoms with E-state index < -0.39 is 0 Å². The number of aromatic nitrogens is 1. The molecule has 0 saturated heterocycles. The van der Waals surface area contributed by atoms with Gasteiger partial charge in [0.15, 0.2) is 0 Å². The highest BCUT2D eigenvalue weighted by Gasteiger charge is 2.13. The molecule has 0 bridgehead atoms. The summed E-state index contributed by atoms with van der Waals surface area (Å²) in [7, 11) is 0. The van der Waals surface area contributed by atoms with E-state index in [2.05, 4.69) is 23.7 Å². The zero-order chi connectivity index (χ0) is 16.1. The van der Waals surface area contributed by atoms with Crippen molar-refractivity contribution in [2.45, 2.75) is 40.3 Å². The Labute approximate surface area is 135 Å². The maximum Gasteiger partial charge on any atom is 0.305 e. The lowest BCUT2D eigenvalue weighted by atomic mass is 10.1. The van der Waals surface area contributed by atoms with Gasteiger partial charge >= 0.3 is 4.87 Å². The van der Waals surface area contributed by atoms with Gasteiger partial charge in [-0.15, -0.1) is 0 Å². The number of rotatable bonds is 7. The molecule has 5 heteroatoms. The molecule has 1 heterocycles. The Hall–Kier alpha value is -1.59. The largest absolute Gasteiger partial charge is 0.491 e. The number of nitrogens with zero attached hydrogens (tertiary/aromatic N) is 1. The van der Waals surface area contributed by atoms with E-state index in [1.54, 1.807) is 0 Å². The highest BCUT2D eigenvalue weighted by Crippen LogP contribution is 2.26. The van der Waals surface area contributed by atoms with Crippen molar-refractivity contribution >= 4 is 11.3 Å². The third-order valence-electron chi connectivity index (χ3n) is 3.50. The van der Waals surface area contributed by atoms with E-state index in [1.165, 1.54) is 11.3 Å². The molecule has 0 aliphatic carbocycles. The first-order valence-electron chi connectivity index (χ1n) is 7.74. The van der Waals surface area contributed by atoms with Crippen molar-refractivity contribution in [1.82, 2.24) is 9.88 Å². The summed E-state index contributed by atoms with van der Waals surface area (Å²) in [5.74, 6) is 0.849. The third-order valence-corrected chi connectivity index (χ3v) is 4.37. The molecular weight excluding hydrogens is 296 g/mol. The Balaban J connectivity index is 2.26. The van der Waals surface area contributed by atoms with E-state index in [0.29, 0.717) is 0 Å². The molecule has 0 aliphatic heterocycles. The van der Waals surface area contributed by atoms with Crippen molar-refractivity contribution in [3.8, 4) is 17.0 Å². The van der Waals surface area contributed by atoms with Crippen LogP contribution in [-0.2, 0) is 6.54 Å². The molecule has 1 aromatic carbocycles. The van der Waals surface area contributed by atoms with Gasteiger partial charge in [0.1, 0.15) is 5.75 Å². The molecule has 0 radical (unpaired) electrons. The van der Waals surface area contributed by atoms with Gasteiger partial charge in [-0.25, -0.2) is 0 Å². The fraction of sp³-hybridized carbons (Fsp3) is 0.471. The summed E-state index contributed by atoms with van der Waals surface area (Å²) in [5, 5.41) is 0. The predicted octanol–water partition coefficient (Wildman–Crippen LogP) is 3.73. The number of benzene rings is 1. The molecule has 22 heavy (non-hydrogen) atoms. The molecule has 0 spiro atoms. The summed E-state index contributed by atoms with van der Waals surface area (Å²) in [6, 6.07) is 7.90. The number of aromatic amines is 1. The van der Waals surface area contributed by atoms with Crippen molar-refractivity contribution < 1.29 is 4.74 Å². The smallest absolute Gasteiger partial charge is 0.305 e. The quantitative estimate of drug-likeness (QED) is 0.845. The lowest BCUT2D eigenvalue weighted by molar-refractivity contribution is 0.242. The van der Waals surface area contributed by atoms with Crippen molar-refractivity contribution in [3.63, 3.8) is 0 Å². The van der Waals surface area contributed by atoms with Crippen LogP contribution in [0.1, 0.15) is 32.6 Å². The van der Waals surface area contributed by atoms with Gasteiger partial charge in [-0.2, -0.15) is 0 Å². The van der Waals surface area contributed by atoms with Crippen LogP contribution < -0.4 is 9.61 Å². The van der Waals surface area contributed by atoms with E-state index in [9.17, 15) is 4.79 Å². The number of hydrogen-bond donors (Lipinski definition) is 1. The molecule has 120 valence electrons. The first kappa shape index (κ1) is 16.8. The van der Waals surface area contributed by atoms with Gasteiger partial charge in [-0.05, 0) is 56.8 Å². The van der Waals surface area contributed by atoms with Crippen LogP contribution in [0.15, 0.2) is 29.1 Å². The van der Waals surface area contributed by atoms with Gasteiger partial charge in [0.25, 0.3) is 0 Å². The molecular formula is C17H24N2O2S. The van der Waals surface area contributed by atoms with E-state index in [4.69, 9.17) is 4.74 Å². The van der Waals surface area contributed by atoms with Gasteiger partial charge in [-0.1, -0.05) is 25.2 Å². The minimum Gasteiger partial charge on any atom is -0.491 e. The van der Waals surface area contributed by atoms with Crippen molar-refractivity contribution in [2.24, 2.45) is 0 Å². The molecule has 0 saturated carbocycles. The van der Waals surface area contributed by atoms with Gasteiger partial charge in [-0.3, -0.25) is 9.69 Å². The summed E-state index contributed by atoms with van der Waals surface area (Å²) in [6.07, 6.45) is 0.157. The second-order valence-electron chi connectivity index (χ2n) is 5.47. The second-order valence-corrected chi connectivity index (χ2v) is 6.53. The van der Waals surface area contributed by atoms with Crippen LogP contribution in [0.4, 0.5) is 0 Å². The van der Waals surface area contributed by atoms with Crippen LogP contribution in [0, 0.1) is 0 Å². The molecule has 0 atom stereocenters. The number of thiazole rings is 1. The van der Waals surface area contributed by atoms with Crippen molar-refractivity contribution in [3.05, 3.63) is 38.8 Å². The van der Waals surface area contributed by atoms with Gasteiger partial charge in [0, 0.05) is 11.4 Å². The van der Waals surface area contributed by atoms with Crippen LogP contribution >= 0.6 is 11.3 Å². The minimum atomic E-state index is -0.000312. The fourth-order valence-electron chi connectivity index (χ4n) is 2.33. The van der Waals surface area contributed by atoms with E-state index in [-0.39, 0.29) is 11.0 Å². The van der Waals surface area contributed by atoms with Crippen LogP contribution in [0.5, 0.6) is 5.75 Å². The van der Waals surface area contributed by atoms with Crippen LogP contribution in [-0.4, -0.2) is 29.1 Å². The summed E-state index contributed by atoms with van der Waals surface area (Å²) in [6.45, 7) is 11.0. The monoisotopic (exact) mass is 320 g/mol. The normalized spacial score (nSPS) is 11.4. The summed E-state index contributed by atoms with van der Waals surface area (Å²) in [5.41, 5.74) is 1.95. The molecule has 2 rings (SSSR count). The first-order chi connectivity index (χ1) is 10.5. The van der Waals surface area contributed by atoms with Crippen molar-refractivity contribution in [2.75, 3.05) is 13.1 Å². The molecule has 0 fully saturated rings. The molecule has 4 nitrogen and oxygen atoms in total. The lowest BCUT2D eigenvalue weighted by Crippen LogP contribution is -2.21. The number of ether oxygens (including phenoxy) is 1. The van der Waals surface area contributed by atoms with Crippen LogP contribution in [0.3, 0.4) is 0 Å². The lowest BCUT2D eigenvalue weighted by Gasteiger charge is -2.17. The number of nitrogens with one attached hydrogen (secondary N) is 1. The Morgan fingerprint density at radius 2 is 1.82 bits per heavy atom. The molecule has 1 aromatic heterocycles. The highest BCUT2D eigenvalue weighted by atomic mass is 32.1. The topological polar surface area (TPSA) is 45.3 Å². The molecule has 0 amide bonds. The first-order valence-corrected chi connectivity index (χ1v) is 8.56. The van der Waals surface area contributed by atoms with Gasteiger partial charge < -0.3 is 9.72 Å². The Bertz CT molecular complexity index is 639. The molecule has 2 aromatic rings. The maximum absolute atomic E-state index is 11.8. The Morgan fingerprint density at radius 1 is 1.18 bits per heavy atom. The Morgan fingerprint density at radius 3 is 2.36 bits per heavy atom. The van der Waals surface area contributed by atoms with Crippen LogP contribution in [0.25, 0.3) is 11.3 Å². The second kappa shape index (κ2) is 7.61. The number of H-pyrrole nitrogens is 1. The van der Waals surface area contributed by atoms with Gasteiger partial charge in [0.05, 0.1) is 11.8 Å². The zero-order valence-electron chi connectivity index (χ0n) is 13.7. The molecule has 0 unspecified atom stereocenters.